The van der Waals surface area contributed by atoms with Crippen LogP contribution in [0.4, 0.5) is 0 Å². The van der Waals surface area contributed by atoms with E-state index in [1.165, 1.54) is 0 Å². The lowest BCUT2D eigenvalue weighted by Gasteiger charge is -2.33. The predicted octanol–water partition coefficient (Wildman–Crippen LogP) is 5.64. The fourth-order valence-electron chi connectivity index (χ4n) is 5.96. The van der Waals surface area contributed by atoms with Crippen LogP contribution in [0.1, 0.15) is 61.6 Å². The molecule has 1 fully saturated rings. The van der Waals surface area contributed by atoms with Gasteiger partial charge in [-0.25, -0.2) is 0 Å². The van der Waals surface area contributed by atoms with Gasteiger partial charge in [-0.1, -0.05) is 23.7 Å². The molecule has 0 N–H and O–H groups in total. The van der Waals surface area contributed by atoms with E-state index in [0.29, 0.717) is 55.9 Å². The molecule has 4 heterocycles. The Morgan fingerprint density at radius 1 is 1.00 bits per heavy atom. The van der Waals surface area contributed by atoms with E-state index in [4.69, 9.17) is 30.5 Å². The molecular formula is C31H33ClN2O6. The van der Waals surface area contributed by atoms with Crippen LogP contribution in [0.2, 0.25) is 5.02 Å². The van der Waals surface area contributed by atoms with E-state index < -0.39 is 12.2 Å². The van der Waals surface area contributed by atoms with Crippen molar-refractivity contribution in [1.82, 2.24) is 9.47 Å². The van der Waals surface area contributed by atoms with Crippen molar-refractivity contribution in [3.8, 4) is 17.2 Å². The zero-order valence-corrected chi connectivity index (χ0v) is 23.3. The predicted molar refractivity (Wildman–Crippen MR) is 149 cm³/mol. The van der Waals surface area contributed by atoms with E-state index in [2.05, 4.69) is 4.57 Å². The molecule has 3 aliphatic heterocycles. The second kappa shape index (κ2) is 11.6. The molecule has 210 valence electrons. The highest BCUT2D eigenvalue weighted by Gasteiger charge is 2.36. The van der Waals surface area contributed by atoms with Gasteiger partial charge in [0.05, 0.1) is 24.4 Å². The van der Waals surface area contributed by atoms with Crippen LogP contribution in [0.25, 0.3) is 5.69 Å². The summed E-state index contributed by atoms with van der Waals surface area (Å²) in [7, 11) is 0. The van der Waals surface area contributed by atoms with Crippen molar-refractivity contribution in [3.63, 3.8) is 0 Å². The van der Waals surface area contributed by atoms with Crippen LogP contribution in [0.15, 0.2) is 54.7 Å². The van der Waals surface area contributed by atoms with E-state index >= 15 is 0 Å². The fraction of sp³-hybridized carbons (Fsp3) is 0.419. The van der Waals surface area contributed by atoms with Crippen LogP contribution < -0.4 is 9.47 Å². The molecule has 3 aliphatic rings. The van der Waals surface area contributed by atoms with Gasteiger partial charge >= 0.3 is 5.97 Å². The molecule has 2 atom stereocenters. The summed E-state index contributed by atoms with van der Waals surface area (Å²) in [6.07, 6.45) is 3.13. The molecule has 3 aromatic rings. The Labute approximate surface area is 238 Å². The largest absolute Gasteiger partial charge is 0.486 e. The van der Waals surface area contributed by atoms with Gasteiger partial charge < -0.3 is 28.4 Å². The summed E-state index contributed by atoms with van der Waals surface area (Å²) in [6, 6.07) is 15.6. The van der Waals surface area contributed by atoms with E-state index in [1.807, 2.05) is 66.6 Å². The van der Waals surface area contributed by atoms with Crippen molar-refractivity contribution < 1.29 is 28.5 Å². The Morgan fingerprint density at radius 2 is 1.82 bits per heavy atom. The van der Waals surface area contributed by atoms with Gasteiger partial charge in [-0.05, 0) is 62.1 Å². The number of para-hydroxylation sites is 1. The molecule has 2 aromatic carbocycles. The number of rotatable bonds is 6. The van der Waals surface area contributed by atoms with Gasteiger partial charge in [-0.15, -0.1) is 0 Å². The number of piperidine rings is 1. The van der Waals surface area contributed by atoms with E-state index in [9.17, 15) is 9.59 Å². The number of nitrogens with zero attached hydrogens (tertiary/aromatic N) is 2. The fourth-order valence-corrected chi connectivity index (χ4v) is 6.14. The van der Waals surface area contributed by atoms with Crippen LogP contribution in [-0.4, -0.2) is 54.3 Å². The van der Waals surface area contributed by atoms with Crippen LogP contribution in [0, 0.1) is 5.92 Å². The molecule has 6 rings (SSSR count). The van der Waals surface area contributed by atoms with Crippen molar-refractivity contribution in [1.29, 1.82) is 0 Å². The second-order valence-corrected chi connectivity index (χ2v) is 10.9. The summed E-state index contributed by atoms with van der Waals surface area (Å²) >= 11 is 6.50. The van der Waals surface area contributed by atoms with Gasteiger partial charge in [0.15, 0.2) is 11.5 Å². The first-order valence-electron chi connectivity index (χ1n) is 14.0. The van der Waals surface area contributed by atoms with Crippen molar-refractivity contribution in [2.75, 3.05) is 32.9 Å². The zero-order valence-electron chi connectivity index (χ0n) is 22.5. The van der Waals surface area contributed by atoms with Gasteiger partial charge in [0, 0.05) is 41.9 Å². The molecule has 8 nitrogen and oxygen atoms in total. The lowest BCUT2D eigenvalue weighted by atomic mass is 9.93. The first-order chi connectivity index (χ1) is 19.5. The maximum atomic E-state index is 13.6. The van der Waals surface area contributed by atoms with Crippen LogP contribution in [-0.2, 0) is 19.1 Å². The van der Waals surface area contributed by atoms with E-state index in [-0.39, 0.29) is 24.2 Å². The standard InChI is InChI=1S/C31H33ClN2O6/c1-2-37-29(36)17-20-10-13-33(14-11-20)28(35)19-27-25-6-4-12-34(25)24-9-8-21(32)18-23(24)30(40-27)22-5-3-7-26-31(22)39-16-15-38-26/h3-9,12,18,20,27,30H,2,10-11,13-17,19H2,1H3/t27-,30-/m1/s1. The van der Waals surface area contributed by atoms with E-state index in [1.54, 1.807) is 0 Å². The molecule has 0 radical (unpaired) electrons. The number of likely N-dealkylation sites (tertiary alicyclic amines) is 1. The number of aromatic nitrogens is 1. The highest BCUT2D eigenvalue weighted by molar-refractivity contribution is 6.30. The lowest BCUT2D eigenvalue weighted by Crippen LogP contribution is -2.39. The minimum absolute atomic E-state index is 0.0322. The maximum absolute atomic E-state index is 13.6. The van der Waals surface area contributed by atoms with Crippen LogP contribution in [0.5, 0.6) is 11.5 Å². The number of halogens is 1. The summed E-state index contributed by atoms with van der Waals surface area (Å²) in [4.78, 5) is 27.4. The molecule has 40 heavy (non-hydrogen) atoms. The molecule has 9 heteroatoms. The van der Waals surface area contributed by atoms with Crippen molar-refractivity contribution in [2.45, 2.75) is 44.8 Å². The van der Waals surface area contributed by atoms with Crippen LogP contribution >= 0.6 is 11.6 Å². The third-order valence-corrected chi connectivity index (χ3v) is 8.14. The van der Waals surface area contributed by atoms with Crippen LogP contribution in [0.3, 0.4) is 0 Å². The molecule has 0 aliphatic carbocycles. The topological polar surface area (TPSA) is 79.2 Å². The number of fused-ring (bicyclic) bond motifs is 4. The van der Waals surface area contributed by atoms with Crippen molar-refractivity contribution >= 4 is 23.5 Å². The molecule has 0 bridgehead atoms. The smallest absolute Gasteiger partial charge is 0.306 e. The number of carbonyl (C=O) groups is 2. The van der Waals surface area contributed by atoms with Gasteiger partial charge in [-0.3, -0.25) is 9.59 Å². The Kier molecular flexibility index (Phi) is 7.71. The average Bonchev–Trinajstić information content (AvgIpc) is 3.41. The van der Waals surface area contributed by atoms with Gasteiger partial charge in [0.25, 0.3) is 0 Å². The Balaban J connectivity index is 1.28. The summed E-state index contributed by atoms with van der Waals surface area (Å²) in [5, 5.41) is 0.600. The number of ether oxygens (including phenoxy) is 4. The summed E-state index contributed by atoms with van der Waals surface area (Å²) in [5.74, 6) is 1.44. The van der Waals surface area contributed by atoms with E-state index in [0.717, 1.165) is 35.3 Å². The van der Waals surface area contributed by atoms with Gasteiger partial charge in [0.1, 0.15) is 25.4 Å². The Morgan fingerprint density at radius 3 is 2.65 bits per heavy atom. The Hall–Kier alpha value is -3.49. The molecule has 0 spiro atoms. The summed E-state index contributed by atoms with van der Waals surface area (Å²) < 4.78 is 26.0. The normalized spacial score (nSPS) is 20.3. The van der Waals surface area contributed by atoms with Crippen molar-refractivity contribution in [3.05, 3.63) is 76.6 Å². The van der Waals surface area contributed by atoms with Gasteiger partial charge in [0.2, 0.25) is 5.91 Å². The number of benzene rings is 2. The minimum atomic E-state index is -0.529. The zero-order chi connectivity index (χ0) is 27.6. The number of carbonyl (C=O) groups excluding carboxylic acids is 2. The molecule has 1 amide bonds. The third kappa shape index (κ3) is 5.30. The first-order valence-corrected chi connectivity index (χ1v) is 14.3. The third-order valence-electron chi connectivity index (χ3n) is 7.91. The summed E-state index contributed by atoms with van der Waals surface area (Å²) in [6.45, 7) is 4.38. The molecular weight excluding hydrogens is 532 g/mol. The monoisotopic (exact) mass is 564 g/mol. The quantitative estimate of drug-likeness (QED) is 0.360. The number of amides is 1. The maximum Gasteiger partial charge on any atom is 0.306 e. The molecule has 0 unspecified atom stereocenters. The number of hydrogen-bond acceptors (Lipinski definition) is 6. The average molecular weight is 565 g/mol. The number of esters is 1. The first kappa shape index (κ1) is 26.7. The Bertz CT molecular complexity index is 1400. The molecule has 0 saturated carbocycles. The summed E-state index contributed by atoms with van der Waals surface area (Å²) in [5.41, 5.74) is 3.57. The SMILES string of the molecule is CCOC(=O)CC1CCN(C(=O)C[C@H]2O[C@H](c3cccc4c3OCCO4)c3cc(Cl)ccc3-n3cccc32)CC1. The number of hydrogen-bond donors (Lipinski definition) is 0. The second-order valence-electron chi connectivity index (χ2n) is 10.4. The minimum Gasteiger partial charge on any atom is -0.486 e. The highest BCUT2D eigenvalue weighted by Crippen LogP contribution is 2.47. The molecule has 1 aromatic heterocycles. The highest BCUT2D eigenvalue weighted by atomic mass is 35.5. The van der Waals surface area contributed by atoms with Crippen molar-refractivity contribution in [2.24, 2.45) is 5.92 Å². The molecule has 1 saturated heterocycles. The van der Waals surface area contributed by atoms with Gasteiger partial charge in [-0.2, -0.15) is 0 Å². The lowest BCUT2D eigenvalue weighted by molar-refractivity contribution is -0.144.